The first kappa shape index (κ1) is 16.6. The number of benzene rings is 1. The topological polar surface area (TPSA) is 76.8 Å². The number of fused-ring (bicyclic) bond motifs is 2. The van der Waals surface area contributed by atoms with Gasteiger partial charge in [-0.25, -0.2) is 9.67 Å². The van der Waals surface area contributed by atoms with E-state index in [2.05, 4.69) is 38.9 Å². The average molecular weight is 364 g/mol. The van der Waals surface area contributed by atoms with Crippen LogP contribution in [-0.4, -0.2) is 39.0 Å². The molecule has 0 saturated carbocycles. The molecule has 27 heavy (non-hydrogen) atoms. The standard InChI is InChI=1S/C20H24N6O/c27-20-18-11-24-26(17-4-7-21-8-5-17)19(18)23-13-25(20)12-14-1-2-15-3-6-22-10-16(15)9-14/h1-2,9,11,13,17,21-22H,3-8,10,12H2. The minimum absolute atomic E-state index is 0.0176. The van der Waals surface area contributed by atoms with Crippen molar-refractivity contribution < 1.29 is 0 Å². The van der Waals surface area contributed by atoms with E-state index in [4.69, 9.17) is 0 Å². The van der Waals surface area contributed by atoms with Crippen LogP contribution < -0.4 is 16.2 Å². The highest BCUT2D eigenvalue weighted by Crippen LogP contribution is 2.21. The van der Waals surface area contributed by atoms with Crippen LogP contribution >= 0.6 is 0 Å². The summed E-state index contributed by atoms with van der Waals surface area (Å²) in [5, 5.41) is 11.9. The minimum Gasteiger partial charge on any atom is -0.317 e. The summed E-state index contributed by atoms with van der Waals surface area (Å²) in [7, 11) is 0. The van der Waals surface area contributed by atoms with Gasteiger partial charge in [-0.15, -0.1) is 0 Å². The van der Waals surface area contributed by atoms with Gasteiger partial charge in [-0.1, -0.05) is 18.2 Å². The van der Waals surface area contributed by atoms with Crippen LogP contribution in [0.25, 0.3) is 11.0 Å². The smallest absolute Gasteiger partial charge is 0.264 e. The predicted octanol–water partition coefficient (Wildman–Crippen LogP) is 1.21. The van der Waals surface area contributed by atoms with Crippen LogP contribution in [0.15, 0.2) is 35.5 Å². The summed E-state index contributed by atoms with van der Waals surface area (Å²) in [6.07, 6.45) is 6.45. The molecule has 5 rings (SSSR count). The van der Waals surface area contributed by atoms with Crippen LogP contribution in [0.3, 0.4) is 0 Å². The summed E-state index contributed by atoms with van der Waals surface area (Å²) < 4.78 is 3.63. The number of nitrogens with one attached hydrogen (secondary N) is 2. The molecular weight excluding hydrogens is 340 g/mol. The Labute approximate surface area is 157 Å². The van der Waals surface area contributed by atoms with Gasteiger partial charge in [0.25, 0.3) is 5.56 Å². The third kappa shape index (κ3) is 3.07. The fourth-order valence-corrected chi connectivity index (χ4v) is 4.23. The highest BCUT2D eigenvalue weighted by molar-refractivity contribution is 5.73. The molecule has 140 valence electrons. The largest absolute Gasteiger partial charge is 0.317 e. The lowest BCUT2D eigenvalue weighted by molar-refractivity contribution is 0.349. The molecule has 2 aromatic heterocycles. The summed E-state index contributed by atoms with van der Waals surface area (Å²) in [6.45, 7) is 4.44. The number of hydrogen-bond donors (Lipinski definition) is 2. The Kier molecular flexibility index (Phi) is 4.26. The van der Waals surface area contributed by atoms with Gasteiger partial charge in [-0.05, 0) is 55.6 Å². The van der Waals surface area contributed by atoms with Gasteiger partial charge < -0.3 is 10.6 Å². The van der Waals surface area contributed by atoms with E-state index in [1.807, 2.05) is 4.68 Å². The normalized spacial score (nSPS) is 17.9. The van der Waals surface area contributed by atoms with Crippen LogP contribution in [0.2, 0.25) is 0 Å². The maximum absolute atomic E-state index is 13.0. The molecule has 2 aliphatic heterocycles. The SMILES string of the molecule is O=c1c2cnn(C3CCNCC3)c2ncn1Cc1ccc2c(c1)CNCC2. The van der Waals surface area contributed by atoms with Gasteiger partial charge in [0, 0.05) is 6.54 Å². The second-order valence-electron chi connectivity index (χ2n) is 7.52. The zero-order valence-electron chi connectivity index (χ0n) is 15.3. The summed E-state index contributed by atoms with van der Waals surface area (Å²) in [6, 6.07) is 6.84. The first-order valence-corrected chi connectivity index (χ1v) is 9.74. The summed E-state index contributed by atoms with van der Waals surface area (Å²) >= 11 is 0. The van der Waals surface area contributed by atoms with Crippen LogP contribution in [0.5, 0.6) is 0 Å². The van der Waals surface area contributed by atoms with E-state index in [0.717, 1.165) is 51.0 Å². The van der Waals surface area contributed by atoms with Crippen molar-refractivity contribution in [2.75, 3.05) is 19.6 Å². The molecule has 7 nitrogen and oxygen atoms in total. The van der Waals surface area contributed by atoms with E-state index in [1.165, 1.54) is 11.1 Å². The molecule has 7 heteroatoms. The average Bonchev–Trinajstić information content (AvgIpc) is 3.15. The molecule has 3 aromatic rings. The number of aromatic nitrogens is 4. The Bertz CT molecular complexity index is 1030. The zero-order valence-corrected chi connectivity index (χ0v) is 15.3. The molecule has 4 heterocycles. The Morgan fingerprint density at radius 2 is 2.00 bits per heavy atom. The Hall–Kier alpha value is -2.51. The van der Waals surface area contributed by atoms with Crippen molar-refractivity contribution in [2.45, 2.75) is 38.4 Å². The van der Waals surface area contributed by atoms with Gasteiger partial charge in [-0.2, -0.15) is 5.10 Å². The number of rotatable bonds is 3. The first-order chi connectivity index (χ1) is 13.3. The highest BCUT2D eigenvalue weighted by atomic mass is 16.1. The van der Waals surface area contributed by atoms with E-state index >= 15 is 0 Å². The molecule has 0 spiro atoms. The van der Waals surface area contributed by atoms with E-state index in [0.29, 0.717) is 23.6 Å². The molecule has 0 atom stereocenters. The second-order valence-corrected chi connectivity index (χ2v) is 7.52. The molecule has 0 unspecified atom stereocenters. The van der Waals surface area contributed by atoms with Crippen LogP contribution in [0.4, 0.5) is 0 Å². The number of nitrogens with zero attached hydrogens (tertiary/aromatic N) is 4. The fraction of sp³-hybridized carbons (Fsp3) is 0.450. The van der Waals surface area contributed by atoms with Crippen molar-refractivity contribution in [1.29, 1.82) is 0 Å². The molecular formula is C20H24N6O. The lowest BCUT2D eigenvalue weighted by atomic mass is 9.98. The maximum atomic E-state index is 13.0. The predicted molar refractivity (Wildman–Crippen MR) is 104 cm³/mol. The van der Waals surface area contributed by atoms with E-state index in [1.54, 1.807) is 17.1 Å². The van der Waals surface area contributed by atoms with Crippen LogP contribution in [0.1, 0.15) is 35.6 Å². The molecule has 0 amide bonds. The lowest BCUT2D eigenvalue weighted by Crippen LogP contribution is -2.30. The Morgan fingerprint density at radius 3 is 2.89 bits per heavy atom. The van der Waals surface area contributed by atoms with Gasteiger partial charge in [0.2, 0.25) is 0 Å². The van der Waals surface area contributed by atoms with Crippen LogP contribution in [0, 0.1) is 0 Å². The quantitative estimate of drug-likeness (QED) is 0.731. The molecule has 1 aromatic carbocycles. The van der Waals surface area contributed by atoms with Crippen LogP contribution in [-0.2, 0) is 19.5 Å². The first-order valence-electron chi connectivity index (χ1n) is 9.74. The van der Waals surface area contributed by atoms with Gasteiger partial charge in [0.15, 0.2) is 5.65 Å². The van der Waals surface area contributed by atoms with Crippen molar-refractivity contribution in [3.63, 3.8) is 0 Å². The van der Waals surface area contributed by atoms with Crippen molar-refractivity contribution in [1.82, 2.24) is 30.0 Å². The number of piperidine rings is 1. The second kappa shape index (κ2) is 6.90. The lowest BCUT2D eigenvalue weighted by Gasteiger charge is -2.23. The molecule has 2 aliphatic rings. The highest BCUT2D eigenvalue weighted by Gasteiger charge is 2.20. The van der Waals surface area contributed by atoms with Crippen molar-refractivity contribution in [3.05, 3.63) is 57.8 Å². The van der Waals surface area contributed by atoms with E-state index < -0.39 is 0 Å². The Balaban J connectivity index is 1.46. The molecule has 1 saturated heterocycles. The zero-order chi connectivity index (χ0) is 18.2. The van der Waals surface area contributed by atoms with Crippen molar-refractivity contribution in [3.8, 4) is 0 Å². The fourth-order valence-electron chi connectivity index (χ4n) is 4.23. The summed E-state index contributed by atoms with van der Waals surface area (Å²) in [4.78, 5) is 17.6. The van der Waals surface area contributed by atoms with E-state index in [-0.39, 0.29) is 5.56 Å². The van der Waals surface area contributed by atoms with Gasteiger partial charge >= 0.3 is 0 Å². The maximum Gasteiger partial charge on any atom is 0.264 e. The Morgan fingerprint density at radius 1 is 1.11 bits per heavy atom. The van der Waals surface area contributed by atoms with Crippen molar-refractivity contribution >= 4 is 11.0 Å². The minimum atomic E-state index is -0.0176. The molecule has 0 radical (unpaired) electrons. The monoisotopic (exact) mass is 364 g/mol. The van der Waals surface area contributed by atoms with Gasteiger partial charge in [0.1, 0.15) is 11.7 Å². The molecule has 2 N–H and O–H groups in total. The third-order valence-electron chi connectivity index (χ3n) is 5.74. The van der Waals surface area contributed by atoms with Crippen molar-refractivity contribution in [2.24, 2.45) is 0 Å². The van der Waals surface area contributed by atoms with E-state index in [9.17, 15) is 4.79 Å². The number of hydrogen-bond acceptors (Lipinski definition) is 5. The third-order valence-corrected chi connectivity index (χ3v) is 5.74. The van der Waals surface area contributed by atoms with Gasteiger partial charge in [0.05, 0.1) is 18.8 Å². The molecule has 0 bridgehead atoms. The molecule has 0 aliphatic carbocycles. The summed E-state index contributed by atoms with van der Waals surface area (Å²) in [5.74, 6) is 0. The van der Waals surface area contributed by atoms with Gasteiger partial charge in [-0.3, -0.25) is 9.36 Å². The molecule has 1 fully saturated rings. The summed E-state index contributed by atoms with van der Waals surface area (Å²) in [5.41, 5.74) is 4.56.